The van der Waals surface area contributed by atoms with E-state index >= 15 is 0 Å². The maximum Gasteiger partial charge on any atom is 0.137 e. The summed E-state index contributed by atoms with van der Waals surface area (Å²) in [4.78, 5) is 9.99. The molecule has 300 valence electrons. The van der Waals surface area contributed by atoms with Crippen molar-refractivity contribution in [2.45, 2.75) is 84.0 Å². The third kappa shape index (κ3) is 5.74. The lowest BCUT2D eigenvalue weighted by molar-refractivity contribution is 0.587. The van der Waals surface area contributed by atoms with Crippen LogP contribution in [0, 0.1) is 0 Å². The molecular formula is C56H56N4. The average Bonchev–Trinajstić information content (AvgIpc) is 3.85. The summed E-state index contributed by atoms with van der Waals surface area (Å²) in [6, 6.07) is 53.3. The number of pyridine rings is 1. The lowest BCUT2D eigenvalue weighted by atomic mass is 9.66. The second-order valence-electron chi connectivity index (χ2n) is 20.3. The molecule has 2 aliphatic rings. The number of nitrogens with zero attached hydrogens (tertiary/aromatic N) is 4. The zero-order chi connectivity index (χ0) is 41.9. The van der Waals surface area contributed by atoms with Crippen molar-refractivity contribution in [3.8, 4) is 16.9 Å². The summed E-state index contributed by atoms with van der Waals surface area (Å²) in [6.45, 7) is 21.5. The number of hydrogen-bond acceptors (Lipinski definition) is 3. The molecule has 1 aliphatic heterocycles. The molecular weight excluding hydrogens is 729 g/mol. The summed E-state index contributed by atoms with van der Waals surface area (Å²) in [6.07, 6.45) is 1.97. The molecule has 0 radical (unpaired) electrons. The van der Waals surface area contributed by atoms with Crippen LogP contribution in [0.5, 0.6) is 0 Å². The fraction of sp³-hybridized carbons (Fsp3) is 0.268. The summed E-state index contributed by atoms with van der Waals surface area (Å²) >= 11 is 0. The molecule has 3 heterocycles. The molecule has 0 N–H and O–H groups in total. The van der Waals surface area contributed by atoms with Gasteiger partial charge in [-0.2, -0.15) is 0 Å². The number of aromatic nitrogens is 2. The van der Waals surface area contributed by atoms with Crippen LogP contribution in [0.2, 0.25) is 0 Å². The van der Waals surface area contributed by atoms with E-state index in [1.165, 1.54) is 77.9 Å². The maximum atomic E-state index is 5.06. The van der Waals surface area contributed by atoms with Crippen LogP contribution in [0.15, 0.2) is 146 Å². The minimum Gasteiger partial charge on any atom is -0.355 e. The standard InChI is InChI=1S/C56H56N4/c1-53(2,3)36-24-26-49-51(32-36)58(10)35-59(49)41-30-39(55(7,8)9)29-40(31-41)56(46-20-14-11-17-42(46)43-18-12-15-21-47(43)56)38-23-25-45-44-19-13-16-22-48(44)60(50(45)33-38)52-34-37(27-28-57-52)54(4,5)6/h11-34H,35H2,1-10H3. The molecule has 0 saturated carbocycles. The van der Waals surface area contributed by atoms with Crippen molar-refractivity contribution in [3.05, 3.63) is 185 Å². The molecule has 8 aromatic rings. The van der Waals surface area contributed by atoms with Crippen molar-refractivity contribution in [1.82, 2.24) is 9.55 Å². The number of rotatable bonds is 4. The fourth-order valence-corrected chi connectivity index (χ4v) is 10.0. The number of anilines is 3. The SMILES string of the molecule is CN1CN(c2cc(C(C)(C)C)cc(C3(c4ccc5c6ccccc6n(-c6cc(C(C)(C)C)ccn6)c5c4)c4ccccc4-c4ccccc43)c2)c2ccc(C(C)(C)C)cc21. The van der Waals surface area contributed by atoms with E-state index in [-0.39, 0.29) is 16.2 Å². The highest BCUT2D eigenvalue weighted by Gasteiger charge is 2.47. The van der Waals surface area contributed by atoms with Crippen LogP contribution in [0.4, 0.5) is 17.1 Å². The number of hydrogen-bond donors (Lipinski definition) is 0. The quantitative estimate of drug-likeness (QED) is 0.178. The maximum absolute atomic E-state index is 5.06. The van der Waals surface area contributed by atoms with Gasteiger partial charge in [0.25, 0.3) is 0 Å². The predicted octanol–water partition coefficient (Wildman–Crippen LogP) is 14.0. The van der Waals surface area contributed by atoms with Gasteiger partial charge in [-0.15, -0.1) is 0 Å². The van der Waals surface area contributed by atoms with Gasteiger partial charge in [0.1, 0.15) is 5.82 Å². The summed E-state index contributed by atoms with van der Waals surface area (Å²) in [5.74, 6) is 0.940. The molecule has 1 aliphatic carbocycles. The Morgan fingerprint density at radius 1 is 0.500 bits per heavy atom. The molecule has 60 heavy (non-hydrogen) atoms. The monoisotopic (exact) mass is 784 g/mol. The molecule has 10 rings (SSSR count). The van der Waals surface area contributed by atoms with Gasteiger partial charge in [0.05, 0.1) is 34.5 Å². The molecule has 2 aromatic heterocycles. The highest BCUT2D eigenvalue weighted by Crippen LogP contribution is 2.58. The van der Waals surface area contributed by atoms with Crippen LogP contribution in [0.25, 0.3) is 38.8 Å². The van der Waals surface area contributed by atoms with Crippen molar-refractivity contribution in [2.75, 3.05) is 23.5 Å². The molecule has 6 aromatic carbocycles. The van der Waals surface area contributed by atoms with E-state index in [1.807, 2.05) is 6.20 Å². The fourth-order valence-electron chi connectivity index (χ4n) is 10.0. The van der Waals surface area contributed by atoms with Crippen molar-refractivity contribution in [2.24, 2.45) is 0 Å². The van der Waals surface area contributed by atoms with E-state index in [9.17, 15) is 0 Å². The summed E-state index contributed by atoms with van der Waals surface area (Å²) < 4.78 is 2.39. The van der Waals surface area contributed by atoms with Gasteiger partial charge in [-0.05, 0) is 115 Å². The van der Waals surface area contributed by atoms with E-state index < -0.39 is 5.41 Å². The molecule has 0 saturated heterocycles. The molecule has 0 amide bonds. The first kappa shape index (κ1) is 38.1. The van der Waals surface area contributed by atoms with E-state index in [1.54, 1.807) is 0 Å². The Hall–Kier alpha value is -6.13. The normalized spacial score (nSPS) is 14.8. The molecule has 0 fully saturated rings. The van der Waals surface area contributed by atoms with Crippen LogP contribution < -0.4 is 9.80 Å². The third-order valence-corrected chi connectivity index (χ3v) is 13.3. The second-order valence-corrected chi connectivity index (χ2v) is 20.3. The first-order chi connectivity index (χ1) is 28.5. The van der Waals surface area contributed by atoms with Crippen LogP contribution in [-0.2, 0) is 21.7 Å². The summed E-state index contributed by atoms with van der Waals surface area (Å²) in [5.41, 5.74) is 17.1. The van der Waals surface area contributed by atoms with E-state index in [0.29, 0.717) is 0 Å². The topological polar surface area (TPSA) is 24.3 Å². The van der Waals surface area contributed by atoms with Gasteiger partial charge in [-0.3, -0.25) is 4.57 Å². The van der Waals surface area contributed by atoms with Gasteiger partial charge in [0.15, 0.2) is 0 Å². The van der Waals surface area contributed by atoms with Crippen LogP contribution >= 0.6 is 0 Å². The van der Waals surface area contributed by atoms with Gasteiger partial charge in [0.2, 0.25) is 0 Å². The largest absolute Gasteiger partial charge is 0.355 e. The first-order valence-electron chi connectivity index (χ1n) is 21.5. The smallest absolute Gasteiger partial charge is 0.137 e. The van der Waals surface area contributed by atoms with Crippen molar-refractivity contribution in [3.63, 3.8) is 0 Å². The minimum absolute atomic E-state index is 0.0156. The van der Waals surface area contributed by atoms with Gasteiger partial charge in [0, 0.05) is 29.7 Å². The van der Waals surface area contributed by atoms with Crippen LogP contribution in [0.3, 0.4) is 0 Å². The number of para-hydroxylation sites is 1. The Kier molecular flexibility index (Phi) is 8.37. The van der Waals surface area contributed by atoms with Crippen molar-refractivity contribution < 1.29 is 0 Å². The highest BCUT2D eigenvalue weighted by atomic mass is 15.4. The molecule has 0 spiro atoms. The average molecular weight is 785 g/mol. The van der Waals surface area contributed by atoms with Crippen LogP contribution in [0.1, 0.15) is 101 Å². The van der Waals surface area contributed by atoms with E-state index in [2.05, 4.69) is 223 Å². The van der Waals surface area contributed by atoms with Crippen molar-refractivity contribution >= 4 is 38.9 Å². The Morgan fingerprint density at radius 3 is 1.80 bits per heavy atom. The minimum atomic E-state index is -0.607. The summed E-state index contributed by atoms with van der Waals surface area (Å²) in [7, 11) is 2.23. The van der Waals surface area contributed by atoms with Gasteiger partial charge in [-0.1, -0.05) is 153 Å². The lowest BCUT2D eigenvalue weighted by Gasteiger charge is -2.36. The number of benzene rings is 6. The van der Waals surface area contributed by atoms with Gasteiger partial charge < -0.3 is 9.80 Å². The summed E-state index contributed by atoms with van der Waals surface area (Å²) in [5, 5.41) is 2.45. The highest BCUT2D eigenvalue weighted by molar-refractivity contribution is 6.09. The Labute approximate surface area is 356 Å². The molecule has 4 nitrogen and oxygen atoms in total. The predicted molar refractivity (Wildman–Crippen MR) is 254 cm³/mol. The lowest BCUT2D eigenvalue weighted by Crippen LogP contribution is -2.30. The third-order valence-electron chi connectivity index (χ3n) is 13.3. The molecule has 0 bridgehead atoms. The Bertz CT molecular complexity index is 2950. The Morgan fingerprint density at radius 2 is 1.12 bits per heavy atom. The second kappa shape index (κ2) is 13.2. The zero-order valence-electron chi connectivity index (χ0n) is 36.9. The van der Waals surface area contributed by atoms with Gasteiger partial charge >= 0.3 is 0 Å². The first-order valence-corrected chi connectivity index (χ1v) is 21.5. The van der Waals surface area contributed by atoms with Gasteiger partial charge in [-0.25, -0.2) is 4.98 Å². The zero-order valence-corrected chi connectivity index (χ0v) is 36.9. The van der Waals surface area contributed by atoms with E-state index in [0.717, 1.165) is 23.5 Å². The van der Waals surface area contributed by atoms with Crippen LogP contribution in [-0.4, -0.2) is 23.3 Å². The van der Waals surface area contributed by atoms with E-state index in [4.69, 9.17) is 4.98 Å². The molecule has 0 unspecified atom stereocenters. The Balaban J connectivity index is 1.29. The van der Waals surface area contributed by atoms with Crippen molar-refractivity contribution in [1.29, 1.82) is 0 Å². The molecule has 4 heteroatoms. The molecule has 0 atom stereocenters. The number of fused-ring (bicyclic) bond motifs is 7.